The minimum atomic E-state index is -0.00451. The van der Waals surface area contributed by atoms with Crippen LogP contribution in [0.3, 0.4) is 0 Å². The molecule has 0 N–H and O–H groups in total. The predicted molar refractivity (Wildman–Crippen MR) is 219 cm³/mol. The summed E-state index contributed by atoms with van der Waals surface area (Å²) in [5.41, 5.74) is 14.7. The fourth-order valence-electron chi connectivity index (χ4n) is 7.75. The lowest BCUT2D eigenvalue weighted by molar-refractivity contribution is -0.486. The quantitative estimate of drug-likeness (QED) is 0.114. The van der Waals surface area contributed by atoms with E-state index in [0.717, 1.165) is 33.9 Å². The number of carbonyl (C=O) groups is 1. The van der Waals surface area contributed by atoms with Crippen molar-refractivity contribution in [2.75, 3.05) is 12.0 Å². The molecule has 0 aliphatic heterocycles. The van der Waals surface area contributed by atoms with Crippen molar-refractivity contribution in [3.05, 3.63) is 201 Å². The molecule has 0 saturated carbocycles. The molecule has 2 unspecified atom stereocenters. The molecule has 0 saturated heterocycles. The van der Waals surface area contributed by atoms with Crippen LogP contribution in [0.4, 0.5) is 17.1 Å². The summed E-state index contributed by atoms with van der Waals surface area (Å²) in [6.07, 6.45) is 8.32. The Balaban J connectivity index is 1.23. The Kier molecular flexibility index (Phi) is 9.97. The lowest BCUT2D eigenvalue weighted by Gasteiger charge is -2.34. The van der Waals surface area contributed by atoms with Crippen molar-refractivity contribution in [1.82, 2.24) is 0 Å². The molecule has 53 heavy (non-hydrogen) atoms. The first-order valence-electron chi connectivity index (χ1n) is 18.4. The molecule has 2 aliphatic carbocycles. The molecule has 0 heterocycles. The van der Waals surface area contributed by atoms with Gasteiger partial charge in [0.05, 0.1) is 24.3 Å². The van der Waals surface area contributed by atoms with Crippen molar-refractivity contribution in [3.8, 4) is 0 Å². The van der Waals surface area contributed by atoms with Crippen LogP contribution in [-0.4, -0.2) is 23.2 Å². The first kappa shape index (κ1) is 35.4. The van der Waals surface area contributed by atoms with Gasteiger partial charge in [-0.3, -0.25) is 4.79 Å². The van der Waals surface area contributed by atoms with Gasteiger partial charge in [-0.05, 0) is 93.3 Å². The monoisotopic (exact) mass is 695 g/mol. The van der Waals surface area contributed by atoms with Crippen molar-refractivity contribution in [2.24, 2.45) is 0 Å². The van der Waals surface area contributed by atoms with E-state index in [1.807, 2.05) is 24.3 Å². The van der Waals surface area contributed by atoms with E-state index in [4.69, 9.17) is 4.74 Å². The van der Waals surface area contributed by atoms with E-state index >= 15 is 0 Å². The van der Waals surface area contributed by atoms with E-state index in [9.17, 15) is 4.79 Å². The number of carbonyl (C=O) groups excluding carboxylic acids is 1. The Labute approximate surface area is 314 Å². The number of Topliss-reactive ketones (excluding diaryl/α,β-unsaturated/α-hetero) is 1. The maximum absolute atomic E-state index is 14.0. The summed E-state index contributed by atoms with van der Waals surface area (Å²) in [7, 11) is 1.65. The summed E-state index contributed by atoms with van der Waals surface area (Å²) < 4.78 is 8.31. The Morgan fingerprint density at radius 3 is 1.79 bits per heavy atom. The zero-order valence-electron chi connectivity index (χ0n) is 31.7. The molecular formula is C49H47N2O2+. The number of anilines is 2. The van der Waals surface area contributed by atoms with Gasteiger partial charge in [0.1, 0.15) is 5.76 Å². The third kappa shape index (κ3) is 6.85. The fraction of sp³-hybridized carbons (Fsp3) is 0.184. The number of methoxy groups -OCH3 is 1. The van der Waals surface area contributed by atoms with Gasteiger partial charge in [-0.25, -0.2) is 0 Å². The number of ketones is 1. The maximum Gasteiger partial charge on any atom is 0.209 e. The zero-order valence-corrected chi connectivity index (χ0v) is 31.7. The lowest BCUT2D eigenvalue weighted by atomic mass is 9.80. The third-order valence-corrected chi connectivity index (χ3v) is 10.5. The molecule has 7 rings (SSSR count). The van der Waals surface area contributed by atoms with Crippen LogP contribution in [0.5, 0.6) is 0 Å². The zero-order chi connectivity index (χ0) is 37.2. The molecule has 0 aromatic heterocycles. The van der Waals surface area contributed by atoms with Gasteiger partial charge in [-0.15, -0.1) is 0 Å². The standard InChI is InChI=1S/C49H47N2O2/c1-32-18-28-44(34(3)30-32)50(36(5)38-14-10-8-11-15-38)42-24-20-40(21-25-42)46-48(52)47(49(46)53-7)41-22-26-43(27-23-41)51(37(6)39-16-12-9-13-17-39)45-29-19-33(2)31-35(45)4/h8-31,36-37H,1-7H3/q+1. The largest absolute Gasteiger partial charge is 0.495 e. The van der Waals surface area contributed by atoms with E-state index in [0.29, 0.717) is 16.9 Å². The number of allylic oxidation sites excluding steroid dienone is 7. The predicted octanol–water partition coefficient (Wildman–Crippen LogP) is 11.7. The molecule has 264 valence electrons. The minimum Gasteiger partial charge on any atom is -0.495 e. The average molecular weight is 696 g/mol. The first-order valence-corrected chi connectivity index (χ1v) is 18.4. The second-order valence-corrected chi connectivity index (χ2v) is 14.2. The second-order valence-electron chi connectivity index (χ2n) is 14.2. The van der Waals surface area contributed by atoms with Crippen LogP contribution in [0.15, 0.2) is 163 Å². The molecule has 0 bridgehead atoms. The topological polar surface area (TPSA) is 32.5 Å². The number of aryl methyl sites for hydroxylation is 4. The lowest BCUT2D eigenvalue weighted by Crippen LogP contribution is -2.25. The Morgan fingerprint density at radius 1 is 0.623 bits per heavy atom. The maximum atomic E-state index is 14.0. The number of hydrogen-bond acceptors (Lipinski definition) is 3. The molecule has 0 amide bonds. The van der Waals surface area contributed by atoms with Gasteiger partial charge in [0.25, 0.3) is 0 Å². The summed E-state index contributed by atoms with van der Waals surface area (Å²) in [6.45, 7) is 13.1. The number of hydrogen-bond donors (Lipinski definition) is 0. The van der Waals surface area contributed by atoms with Gasteiger partial charge in [0.15, 0.2) is 6.04 Å². The van der Waals surface area contributed by atoms with E-state index in [2.05, 4.69) is 172 Å². The summed E-state index contributed by atoms with van der Waals surface area (Å²) in [5, 5.41) is 0. The number of benzene rings is 5. The number of rotatable bonds is 9. The highest BCUT2D eigenvalue weighted by Crippen LogP contribution is 2.43. The highest BCUT2D eigenvalue weighted by Gasteiger charge is 2.38. The van der Waals surface area contributed by atoms with Crippen LogP contribution in [-0.2, 0) is 9.53 Å². The molecule has 2 atom stereocenters. The van der Waals surface area contributed by atoms with E-state index in [1.165, 1.54) is 33.4 Å². The van der Waals surface area contributed by atoms with Crippen LogP contribution in [0.1, 0.15) is 64.9 Å². The van der Waals surface area contributed by atoms with Crippen LogP contribution >= 0.6 is 0 Å². The smallest absolute Gasteiger partial charge is 0.209 e. The molecular weight excluding hydrogens is 649 g/mol. The number of nitrogens with zero attached hydrogens (tertiary/aromatic N) is 2. The number of ether oxygens (including phenoxy) is 1. The minimum absolute atomic E-state index is 0.00451. The Hall–Kier alpha value is -6.00. The molecule has 0 fully saturated rings. The molecule has 5 aromatic rings. The van der Waals surface area contributed by atoms with Crippen molar-refractivity contribution >= 4 is 34.1 Å². The summed E-state index contributed by atoms with van der Waals surface area (Å²) >= 11 is 0. The first-order chi connectivity index (χ1) is 25.7. The Bertz CT molecular complexity index is 2320. The molecule has 4 nitrogen and oxygen atoms in total. The van der Waals surface area contributed by atoms with Crippen molar-refractivity contribution in [2.45, 2.75) is 53.6 Å². The van der Waals surface area contributed by atoms with E-state index < -0.39 is 0 Å². The van der Waals surface area contributed by atoms with Gasteiger partial charge < -0.3 is 9.64 Å². The van der Waals surface area contributed by atoms with Crippen LogP contribution in [0, 0.1) is 27.7 Å². The van der Waals surface area contributed by atoms with Crippen molar-refractivity contribution in [1.29, 1.82) is 0 Å². The highest BCUT2D eigenvalue weighted by molar-refractivity contribution is 6.39. The fourth-order valence-corrected chi connectivity index (χ4v) is 7.75. The molecule has 4 heteroatoms. The van der Waals surface area contributed by atoms with Crippen LogP contribution < -0.4 is 4.90 Å². The second kappa shape index (κ2) is 14.9. The van der Waals surface area contributed by atoms with Gasteiger partial charge in [0, 0.05) is 47.6 Å². The molecule has 0 radical (unpaired) electrons. The Morgan fingerprint density at radius 2 is 1.21 bits per heavy atom. The SMILES string of the molecule is COC1=C(c2ccc(N(c3ccc(C)cc3C)C(C)c3ccccc3)cc2)C(=O)C1=C1C=CC(=[N+](c2ccc(C)cc2C)C(C)c2ccccc2)C=C1. The van der Waals surface area contributed by atoms with Crippen molar-refractivity contribution in [3.63, 3.8) is 0 Å². The van der Waals surface area contributed by atoms with E-state index in [1.54, 1.807) is 7.11 Å². The van der Waals surface area contributed by atoms with Crippen LogP contribution in [0.2, 0.25) is 0 Å². The highest BCUT2D eigenvalue weighted by atomic mass is 16.5. The summed E-state index contributed by atoms with van der Waals surface area (Å²) in [5.74, 6) is 0.624. The molecule has 2 aliphatic rings. The summed E-state index contributed by atoms with van der Waals surface area (Å²) in [6, 6.07) is 42.8. The third-order valence-electron chi connectivity index (χ3n) is 10.5. The molecule has 5 aromatic carbocycles. The van der Waals surface area contributed by atoms with Crippen molar-refractivity contribution < 1.29 is 14.1 Å². The average Bonchev–Trinajstić information content (AvgIpc) is 3.17. The van der Waals surface area contributed by atoms with Crippen LogP contribution in [0.25, 0.3) is 5.57 Å². The summed E-state index contributed by atoms with van der Waals surface area (Å²) in [4.78, 5) is 16.3. The normalized spacial score (nSPS) is 15.0. The van der Waals surface area contributed by atoms with Gasteiger partial charge >= 0.3 is 0 Å². The van der Waals surface area contributed by atoms with Gasteiger partial charge in [-0.2, -0.15) is 4.58 Å². The van der Waals surface area contributed by atoms with E-state index in [-0.39, 0.29) is 17.9 Å². The van der Waals surface area contributed by atoms with Gasteiger partial charge in [-0.1, -0.05) is 102 Å². The van der Waals surface area contributed by atoms with Gasteiger partial charge in [0.2, 0.25) is 17.2 Å². The molecule has 0 spiro atoms.